The molecular weight excluding hydrogens is 1090 g/mol. The normalized spacial score (nSPS) is 19.7. The van der Waals surface area contributed by atoms with Gasteiger partial charge in [-0.25, -0.2) is 4.98 Å². The van der Waals surface area contributed by atoms with Crippen LogP contribution in [0.2, 0.25) is 0 Å². The molecule has 1 aromatic carbocycles. The zero-order chi connectivity index (χ0) is 60.3. The number of rotatable bonds is 40. The number of ether oxygens (including phenoxy) is 8. The maximum atomic E-state index is 14.7. The molecule has 3 aliphatic heterocycles. The van der Waals surface area contributed by atoms with Crippen molar-refractivity contribution in [3.05, 3.63) is 64.6 Å². The van der Waals surface area contributed by atoms with Crippen LogP contribution in [0.5, 0.6) is 0 Å². The van der Waals surface area contributed by atoms with Crippen LogP contribution >= 0.6 is 11.3 Å². The summed E-state index contributed by atoms with van der Waals surface area (Å²) in [7, 11) is 4.83. The zero-order valence-corrected chi connectivity index (χ0v) is 51.2. The van der Waals surface area contributed by atoms with Gasteiger partial charge in [-0.3, -0.25) is 38.5 Å². The van der Waals surface area contributed by atoms with Crippen molar-refractivity contribution in [2.75, 3.05) is 120 Å². The Bertz CT molecular complexity index is 2330. The van der Waals surface area contributed by atoms with Crippen molar-refractivity contribution in [1.29, 1.82) is 0 Å². The van der Waals surface area contributed by atoms with E-state index in [1.54, 1.807) is 44.2 Å². The van der Waals surface area contributed by atoms with Crippen LogP contribution in [-0.4, -0.2) is 222 Å². The van der Waals surface area contributed by atoms with E-state index in [2.05, 4.69) is 15.6 Å². The first-order valence-electron chi connectivity index (χ1n) is 29.4. The van der Waals surface area contributed by atoms with Crippen LogP contribution in [0.15, 0.2) is 54.1 Å². The first kappa shape index (κ1) is 68.5. The predicted octanol–water partition coefficient (Wildman–Crippen LogP) is 4.40. The van der Waals surface area contributed by atoms with E-state index < -0.39 is 41.7 Å². The molecule has 5 rings (SSSR count). The van der Waals surface area contributed by atoms with E-state index in [0.717, 1.165) is 21.9 Å². The van der Waals surface area contributed by atoms with Crippen molar-refractivity contribution in [3.8, 4) is 0 Å². The number of methoxy groups -OCH3 is 2. The van der Waals surface area contributed by atoms with Gasteiger partial charge in [-0.1, -0.05) is 71.4 Å². The van der Waals surface area contributed by atoms with Crippen molar-refractivity contribution in [1.82, 2.24) is 35.2 Å². The SMILES string of the molecule is CCC(C)C(C(CC(=O)N1CCC[C@H]1C(OC)C(C)C(=O)NC(Cc1ccccc1)c1nccs1)OC)N(C)C(=O)C(NC(=O)[C@]1(C)CCCN1C(=O)CCOCCOCCOCCOCCOCCOCCN1C(=O)C=CC1=O)C(C)C. The van der Waals surface area contributed by atoms with Gasteiger partial charge in [-0.2, -0.15) is 0 Å². The second-order valence-corrected chi connectivity index (χ2v) is 22.8. The number of carbonyl (C=O) groups is 7. The van der Waals surface area contributed by atoms with Crippen LogP contribution < -0.4 is 10.6 Å². The van der Waals surface area contributed by atoms with Gasteiger partial charge in [0.25, 0.3) is 11.8 Å². The summed E-state index contributed by atoms with van der Waals surface area (Å²) in [4.78, 5) is 105. The van der Waals surface area contributed by atoms with Gasteiger partial charge in [0, 0.05) is 58.1 Å². The summed E-state index contributed by atoms with van der Waals surface area (Å²) < 4.78 is 45.4. The molecule has 2 fully saturated rings. The van der Waals surface area contributed by atoms with E-state index in [0.29, 0.717) is 105 Å². The molecule has 9 atom stereocenters. The zero-order valence-electron chi connectivity index (χ0n) is 50.4. The molecule has 2 aromatic rings. The van der Waals surface area contributed by atoms with Crippen LogP contribution in [0, 0.1) is 17.8 Å². The molecule has 0 radical (unpaired) electrons. The minimum Gasteiger partial charge on any atom is -0.379 e. The summed E-state index contributed by atoms with van der Waals surface area (Å²) in [6.45, 7) is 16.4. The highest BCUT2D eigenvalue weighted by Gasteiger charge is 2.48. The van der Waals surface area contributed by atoms with Crippen LogP contribution in [0.4, 0.5) is 0 Å². The molecule has 0 saturated carbocycles. The van der Waals surface area contributed by atoms with E-state index in [4.69, 9.17) is 37.9 Å². The van der Waals surface area contributed by atoms with Crippen molar-refractivity contribution in [2.45, 2.75) is 135 Å². The third-order valence-corrected chi connectivity index (χ3v) is 16.8. The smallest absolute Gasteiger partial charge is 0.253 e. The first-order chi connectivity index (χ1) is 40.0. The number of hydrogen-bond acceptors (Lipinski definition) is 17. The van der Waals surface area contributed by atoms with Gasteiger partial charge < -0.3 is 63.2 Å². The van der Waals surface area contributed by atoms with Crippen LogP contribution in [0.3, 0.4) is 0 Å². The minimum atomic E-state index is -1.19. The Kier molecular flexibility index (Phi) is 29.7. The predicted molar refractivity (Wildman–Crippen MR) is 311 cm³/mol. The molecule has 1 aromatic heterocycles. The minimum absolute atomic E-state index is 0.0209. The van der Waals surface area contributed by atoms with Gasteiger partial charge in [-0.05, 0) is 56.4 Å². The fourth-order valence-corrected chi connectivity index (χ4v) is 11.7. The van der Waals surface area contributed by atoms with Crippen LogP contribution in [0.1, 0.15) is 103 Å². The molecule has 2 saturated heterocycles. The van der Waals surface area contributed by atoms with E-state index in [1.807, 2.05) is 75.2 Å². The van der Waals surface area contributed by atoms with Gasteiger partial charge in [0.2, 0.25) is 29.5 Å². The lowest BCUT2D eigenvalue weighted by molar-refractivity contribution is -0.150. The number of nitrogens with zero attached hydrogens (tertiary/aromatic N) is 5. The van der Waals surface area contributed by atoms with Gasteiger partial charge in [0.15, 0.2) is 0 Å². The number of thiazole rings is 1. The Hall–Kier alpha value is -5.24. The van der Waals surface area contributed by atoms with Crippen LogP contribution in [-0.2, 0) is 77.9 Å². The molecule has 4 heterocycles. The van der Waals surface area contributed by atoms with E-state index >= 15 is 0 Å². The number of amides is 7. The molecule has 7 amide bonds. The lowest BCUT2D eigenvalue weighted by Crippen LogP contribution is -2.62. The molecule has 0 bridgehead atoms. The Labute approximate surface area is 494 Å². The van der Waals surface area contributed by atoms with Gasteiger partial charge in [0.1, 0.15) is 16.6 Å². The van der Waals surface area contributed by atoms with Crippen molar-refractivity contribution >= 4 is 52.7 Å². The van der Waals surface area contributed by atoms with Crippen molar-refractivity contribution in [3.63, 3.8) is 0 Å². The molecule has 0 spiro atoms. The second kappa shape index (κ2) is 35.9. The molecule has 7 unspecified atom stereocenters. The molecule has 0 aliphatic carbocycles. The molecule has 3 aliphatic rings. The average molecular weight is 1180 g/mol. The number of aromatic nitrogens is 1. The first-order valence-corrected chi connectivity index (χ1v) is 30.3. The summed E-state index contributed by atoms with van der Waals surface area (Å²) in [6, 6.07) is 7.76. The largest absolute Gasteiger partial charge is 0.379 e. The Morgan fingerprint density at radius 2 is 1.36 bits per heavy atom. The van der Waals surface area contributed by atoms with Gasteiger partial charge in [0.05, 0.1) is 135 Å². The summed E-state index contributed by atoms with van der Waals surface area (Å²) in [5, 5.41) is 8.98. The fraction of sp³-hybridized carbons (Fsp3) is 0.700. The third kappa shape index (κ3) is 20.5. The molecule has 22 nitrogen and oxygen atoms in total. The van der Waals surface area contributed by atoms with Gasteiger partial charge in [-0.15, -0.1) is 11.3 Å². The van der Waals surface area contributed by atoms with E-state index in [1.165, 1.54) is 23.5 Å². The van der Waals surface area contributed by atoms with Crippen molar-refractivity contribution in [2.24, 2.45) is 17.8 Å². The maximum absolute atomic E-state index is 14.7. The molecule has 464 valence electrons. The number of nitrogens with one attached hydrogen (secondary N) is 2. The third-order valence-electron chi connectivity index (χ3n) is 15.9. The quantitative estimate of drug-likeness (QED) is 0.0694. The number of likely N-dealkylation sites (tertiary alicyclic amines) is 2. The monoisotopic (exact) mass is 1180 g/mol. The maximum Gasteiger partial charge on any atom is 0.253 e. The number of benzene rings is 1. The summed E-state index contributed by atoms with van der Waals surface area (Å²) in [5.41, 5.74) is -0.116. The molecule has 83 heavy (non-hydrogen) atoms. The Balaban J connectivity index is 1.02. The number of carbonyl (C=O) groups excluding carboxylic acids is 7. The molecule has 2 N–H and O–H groups in total. The highest BCUT2D eigenvalue weighted by atomic mass is 32.1. The Morgan fingerprint density at radius 3 is 1.90 bits per heavy atom. The number of imide groups is 1. The molecular formula is C60H93N7O15S. The fourth-order valence-electron chi connectivity index (χ4n) is 11.0. The van der Waals surface area contributed by atoms with Crippen LogP contribution in [0.25, 0.3) is 0 Å². The summed E-state index contributed by atoms with van der Waals surface area (Å²) in [6.07, 6.45) is 6.66. The van der Waals surface area contributed by atoms with E-state index in [-0.39, 0.29) is 98.6 Å². The van der Waals surface area contributed by atoms with Gasteiger partial charge >= 0.3 is 0 Å². The summed E-state index contributed by atoms with van der Waals surface area (Å²) in [5.74, 6) is -3.00. The lowest BCUT2D eigenvalue weighted by Gasteiger charge is -2.41. The highest BCUT2D eigenvalue weighted by molar-refractivity contribution is 7.09. The second-order valence-electron chi connectivity index (χ2n) is 21.9. The highest BCUT2D eigenvalue weighted by Crippen LogP contribution is 2.33. The Morgan fingerprint density at radius 1 is 0.771 bits per heavy atom. The standard InChI is InChI=1S/C60H93N7O15S/c1-10-43(4)54(48(75-8)41-52(71)65-24-14-18-47(65)55(76-9)44(5)56(72)62-46(57-61-23-39-83-57)40-45-16-12-11-13-17-45)64(7)58(73)53(42(2)3)63-59(74)60(6)22-15-25-67(60)51(70)21-27-77-29-31-79-33-35-81-37-38-82-36-34-80-32-30-78-28-26-66-49(68)19-20-50(66)69/h11-13,16-17,19-20,23,39,42-44,46-48,53-55H,10,14-15,18,21-22,24-38,40-41H2,1-9H3,(H,62,72)(H,63,74)/t43?,44?,46?,47-,48?,53?,54?,55?,60-/m0/s1. The average Bonchev–Trinajstić information content (AvgIpc) is 4.55. The number of hydrogen-bond donors (Lipinski definition) is 2. The van der Waals surface area contributed by atoms with E-state index in [9.17, 15) is 33.6 Å². The lowest BCUT2D eigenvalue weighted by atomic mass is 9.89. The number of likely N-dealkylation sites (N-methyl/N-ethyl adjacent to an activating group) is 1. The summed E-state index contributed by atoms with van der Waals surface area (Å²) >= 11 is 1.49. The van der Waals surface area contributed by atoms with Crippen molar-refractivity contribution < 1.29 is 71.5 Å². The molecule has 23 heteroatoms. The topological polar surface area (TPSA) is 243 Å².